The van der Waals surface area contributed by atoms with Crippen molar-refractivity contribution < 1.29 is 4.74 Å². The van der Waals surface area contributed by atoms with Gasteiger partial charge in [0.2, 0.25) is 0 Å². The first-order valence-electron chi connectivity index (χ1n) is 6.52. The molecular weight excluding hydrogens is 352 g/mol. The average molecular weight is 366 g/mol. The van der Waals surface area contributed by atoms with E-state index in [1.807, 2.05) is 36.4 Å². The number of aromatic nitrogens is 2. The van der Waals surface area contributed by atoms with Crippen LogP contribution in [0, 0.1) is 6.92 Å². The molecule has 1 aromatic heterocycles. The van der Waals surface area contributed by atoms with Gasteiger partial charge >= 0.3 is 0 Å². The van der Waals surface area contributed by atoms with Crippen LogP contribution in [0.2, 0.25) is 0 Å². The van der Waals surface area contributed by atoms with E-state index in [0.717, 1.165) is 38.3 Å². The summed E-state index contributed by atoms with van der Waals surface area (Å²) in [6.45, 7) is 2.06. The zero-order valence-corrected chi connectivity index (χ0v) is 14.1. The predicted molar refractivity (Wildman–Crippen MR) is 89.6 cm³/mol. The van der Waals surface area contributed by atoms with E-state index in [1.54, 1.807) is 7.11 Å². The van der Waals surface area contributed by atoms with Crippen LogP contribution in [0.5, 0.6) is 5.75 Å². The zero-order valence-electron chi connectivity index (χ0n) is 11.7. The van der Waals surface area contributed by atoms with Crippen molar-refractivity contribution in [3.63, 3.8) is 0 Å². The minimum Gasteiger partial charge on any atom is -0.497 e. The maximum Gasteiger partial charge on any atom is 0.129 e. The molecule has 3 rings (SSSR count). The average Bonchev–Trinajstić information content (AvgIpc) is 2.84. The number of halogens is 2. The molecule has 0 saturated heterocycles. The first kappa shape index (κ1) is 14.4. The number of rotatable bonds is 3. The quantitative estimate of drug-likeness (QED) is 0.621. The number of ether oxygens (including phenoxy) is 1. The molecule has 0 saturated carbocycles. The number of imidazole rings is 1. The molecule has 2 aromatic carbocycles. The largest absolute Gasteiger partial charge is 0.497 e. The Hall–Kier alpha value is -1.52. The molecule has 0 aliphatic rings. The highest BCUT2D eigenvalue weighted by Crippen LogP contribution is 2.28. The summed E-state index contributed by atoms with van der Waals surface area (Å²) < 4.78 is 8.38. The number of hydrogen-bond donors (Lipinski definition) is 0. The standard InChI is InChI=1S/C16H14BrClN2O/c1-10-7-12(21-2)4-6-14(10)20-15-5-3-11(17)8-13(15)19-16(20)9-18/h3-8H,9H2,1-2H3. The van der Waals surface area contributed by atoms with Gasteiger partial charge in [-0.2, -0.15) is 0 Å². The number of methoxy groups -OCH3 is 1. The number of fused-ring (bicyclic) bond motifs is 1. The second-order valence-corrected chi connectivity index (χ2v) is 5.97. The van der Waals surface area contributed by atoms with Crippen LogP contribution in [0.25, 0.3) is 16.7 Å². The molecule has 0 unspecified atom stereocenters. The smallest absolute Gasteiger partial charge is 0.129 e. The van der Waals surface area contributed by atoms with E-state index in [4.69, 9.17) is 16.3 Å². The van der Waals surface area contributed by atoms with Crippen LogP contribution in [0.3, 0.4) is 0 Å². The van der Waals surface area contributed by atoms with Crippen LogP contribution in [-0.2, 0) is 5.88 Å². The van der Waals surface area contributed by atoms with Crippen molar-refractivity contribution >= 4 is 38.6 Å². The highest BCUT2D eigenvalue weighted by Gasteiger charge is 2.14. The van der Waals surface area contributed by atoms with Gasteiger partial charge in [0, 0.05) is 4.47 Å². The molecule has 5 heteroatoms. The summed E-state index contributed by atoms with van der Waals surface area (Å²) in [6.07, 6.45) is 0. The molecule has 0 spiro atoms. The Morgan fingerprint density at radius 3 is 2.71 bits per heavy atom. The highest BCUT2D eigenvalue weighted by molar-refractivity contribution is 9.10. The molecule has 0 aliphatic carbocycles. The minimum atomic E-state index is 0.359. The summed E-state index contributed by atoms with van der Waals surface area (Å²) in [5.74, 6) is 2.03. The molecule has 21 heavy (non-hydrogen) atoms. The van der Waals surface area contributed by atoms with Crippen molar-refractivity contribution in [1.82, 2.24) is 9.55 Å². The van der Waals surface area contributed by atoms with E-state index < -0.39 is 0 Å². The third-order valence-corrected chi connectivity index (χ3v) is 4.18. The monoisotopic (exact) mass is 364 g/mol. The SMILES string of the molecule is COc1ccc(-n2c(CCl)nc3cc(Br)ccc32)c(C)c1. The maximum atomic E-state index is 6.08. The molecule has 1 heterocycles. The Morgan fingerprint density at radius 1 is 1.24 bits per heavy atom. The Kier molecular flexibility index (Phi) is 3.91. The number of hydrogen-bond acceptors (Lipinski definition) is 2. The molecule has 0 amide bonds. The summed E-state index contributed by atoms with van der Waals surface area (Å²) in [6, 6.07) is 12.1. The van der Waals surface area contributed by atoms with Crippen LogP contribution >= 0.6 is 27.5 Å². The first-order valence-corrected chi connectivity index (χ1v) is 7.84. The third kappa shape index (κ3) is 2.54. The van der Waals surface area contributed by atoms with E-state index in [-0.39, 0.29) is 0 Å². The van der Waals surface area contributed by atoms with Gasteiger partial charge in [-0.25, -0.2) is 4.98 Å². The lowest BCUT2D eigenvalue weighted by Crippen LogP contribution is -2.01. The van der Waals surface area contributed by atoms with Crippen LogP contribution in [0.15, 0.2) is 40.9 Å². The fourth-order valence-electron chi connectivity index (χ4n) is 2.47. The summed E-state index contributed by atoms with van der Waals surface area (Å²) in [7, 11) is 1.67. The van der Waals surface area contributed by atoms with Crippen molar-refractivity contribution in [3.05, 3.63) is 52.3 Å². The Morgan fingerprint density at radius 2 is 2.05 bits per heavy atom. The molecular formula is C16H14BrClN2O. The molecule has 0 atom stereocenters. The van der Waals surface area contributed by atoms with E-state index >= 15 is 0 Å². The number of aryl methyl sites for hydroxylation is 1. The summed E-state index contributed by atoms with van der Waals surface area (Å²) in [4.78, 5) is 4.62. The van der Waals surface area contributed by atoms with E-state index in [0.29, 0.717) is 5.88 Å². The van der Waals surface area contributed by atoms with Crippen molar-refractivity contribution in [1.29, 1.82) is 0 Å². The fraction of sp³-hybridized carbons (Fsp3) is 0.188. The predicted octanol–water partition coefficient (Wildman–Crippen LogP) is 4.84. The van der Waals surface area contributed by atoms with Gasteiger partial charge in [-0.3, -0.25) is 4.57 Å². The molecule has 3 aromatic rings. The number of nitrogens with zero attached hydrogens (tertiary/aromatic N) is 2. The molecule has 0 fully saturated rings. The molecule has 0 bridgehead atoms. The Bertz CT molecular complexity index is 813. The molecule has 0 N–H and O–H groups in total. The van der Waals surface area contributed by atoms with Gasteiger partial charge in [0.1, 0.15) is 11.6 Å². The second kappa shape index (κ2) is 5.70. The number of benzene rings is 2. The van der Waals surface area contributed by atoms with Gasteiger partial charge < -0.3 is 4.74 Å². The first-order chi connectivity index (χ1) is 10.1. The molecule has 108 valence electrons. The van der Waals surface area contributed by atoms with Gasteiger partial charge in [0.05, 0.1) is 29.7 Å². The van der Waals surface area contributed by atoms with Gasteiger partial charge in [0.25, 0.3) is 0 Å². The zero-order chi connectivity index (χ0) is 15.0. The maximum absolute atomic E-state index is 6.08. The summed E-state index contributed by atoms with van der Waals surface area (Å²) in [5.41, 5.74) is 4.15. The number of alkyl halides is 1. The summed E-state index contributed by atoms with van der Waals surface area (Å²) in [5, 5.41) is 0. The lowest BCUT2D eigenvalue weighted by atomic mass is 10.2. The molecule has 0 aliphatic heterocycles. The fourth-order valence-corrected chi connectivity index (χ4v) is 3.00. The normalized spacial score (nSPS) is 11.0. The van der Waals surface area contributed by atoms with Crippen molar-refractivity contribution in [2.24, 2.45) is 0 Å². The van der Waals surface area contributed by atoms with Gasteiger partial charge in [-0.15, -0.1) is 11.6 Å². The van der Waals surface area contributed by atoms with Crippen molar-refractivity contribution in [3.8, 4) is 11.4 Å². The van der Waals surface area contributed by atoms with Crippen LogP contribution < -0.4 is 4.74 Å². The summed E-state index contributed by atoms with van der Waals surface area (Å²) >= 11 is 9.56. The second-order valence-electron chi connectivity index (χ2n) is 4.78. The van der Waals surface area contributed by atoms with Gasteiger partial charge in [-0.1, -0.05) is 15.9 Å². The lowest BCUT2D eigenvalue weighted by molar-refractivity contribution is 0.414. The Labute approximate surface area is 136 Å². The minimum absolute atomic E-state index is 0.359. The molecule has 0 radical (unpaired) electrons. The van der Waals surface area contributed by atoms with Crippen LogP contribution in [-0.4, -0.2) is 16.7 Å². The topological polar surface area (TPSA) is 27.1 Å². The Balaban J connectivity index is 2.28. The van der Waals surface area contributed by atoms with E-state index in [1.165, 1.54) is 0 Å². The lowest BCUT2D eigenvalue weighted by Gasteiger charge is -2.12. The van der Waals surface area contributed by atoms with Gasteiger partial charge in [0.15, 0.2) is 0 Å². The van der Waals surface area contributed by atoms with E-state index in [9.17, 15) is 0 Å². The van der Waals surface area contributed by atoms with Crippen LogP contribution in [0.1, 0.15) is 11.4 Å². The van der Waals surface area contributed by atoms with Crippen molar-refractivity contribution in [2.45, 2.75) is 12.8 Å². The highest BCUT2D eigenvalue weighted by atomic mass is 79.9. The van der Waals surface area contributed by atoms with Crippen LogP contribution in [0.4, 0.5) is 0 Å². The molecule has 3 nitrogen and oxygen atoms in total. The van der Waals surface area contributed by atoms with Gasteiger partial charge in [-0.05, 0) is 48.9 Å². The van der Waals surface area contributed by atoms with Crippen molar-refractivity contribution in [2.75, 3.05) is 7.11 Å². The third-order valence-electron chi connectivity index (χ3n) is 3.45. The van der Waals surface area contributed by atoms with E-state index in [2.05, 4.69) is 32.4 Å².